The monoisotopic (exact) mass is 290 g/mol. The zero-order valence-electron chi connectivity index (χ0n) is 11.4. The van der Waals surface area contributed by atoms with Crippen molar-refractivity contribution in [2.45, 2.75) is 18.9 Å². The van der Waals surface area contributed by atoms with Gasteiger partial charge in [0.25, 0.3) is 0 Å². The van der Waals surface area contributed by atoms with Crippen LogP contribution < -0.4 is 11.1 Å². The van der Waals surface area contributed by atoms with Crippen molar-refractivity contribution in [3.8, 4) is 0 Å². The van der Waals surface area contributed by atoms with E-state index in [2.05, 4.69) is 5.32 Å². The average Bonchev–Trinajstić information content (AvgIpc) is 2.49. The lowest BCUT2D eigenvalue weighted by Crippen LogP contribution is -2.17. The second-order valence-corrected chi connectivity index (χ2v) is 4.73. The first-order chi connectivity index (χ1) is 10.1. The Balaban J connectivity index is 1.89. The summed E-state index contributed by atoms with van der Waals surface area (Å²) >= 11 is 0. The van der Waals surface area contributed by atoms with E-state index >= 15 is 0 Å². The van der Waals surface area contributed by atoms with Crippen LogP contribution in [0.4, 0.5) is 14.5 Å². The molecule has 21 heavy (non-hydrogen) atoms. The van der Waals surface area contributed by atoms with Crippen molar-refractivity contribution in [3.63, 3.8) is 0 Å². The maximum absolute atomic E-state index is 13.4. The number of halogens is 2. The minimum absolute atomic E-state index is 0.131. The Bertz CT molecular complexity index is 617. The standard InChI is InChI=1S/C16H16F2N2O/c17-12-6-7-13(18)15(10-12)20-16(21)9-8-14(19)11-4-2-1-3-5-11/h1-7,10,14H,8-9,19H2,(H,20,21). The predicted octanol–water partition coefficient (Wildman–Crippen LogP) is 3.38. The molecule has 1 atom stereocenters. The van der Waals surface area contributed by atoms with Gasteiger partial charge in [-0.1, -0.05) is 30.3 Å². The number of nitrogens with two attached hydrogens (primary N) is 1. The van der Waals surface area contributed by atoms with Crippen LogP contribution in [0.25, 0.3) is 0 Å². The van der Waals surface area contributed by atoms with Gasteiger partial charge in [-0.3, -0.25) is 4.79 Å². The molecule has 0 bridgehead atoms. The number of carbonyl (C=O) groups excluding carboxylic acids is 1. The average molecular weight is 290 g/mol. The zero-order valence-corrected chi connectivity index (χ0v) is 11.4. The minimum atomic E-state index is -0.669. The normalized spacial score (nSPS) is 12.0. The number of nitrogens with one attached hydrogen (secondary N) is 1. The molecular formula is C16H16F2N2O. The smallest absolute Gasteiger partial charge is 0.224 e. The van der Waals surface area contributed by atoms with Crippen molar-refractivity contribution in [1.29, 1.82) is 0 Å². The molecule has 0 aliphatic rings. The van der Waals surface area contributed by atoms with E-state index in [0.29, 0.717) is 6.42 Å². The molecule has 0 saturated carbocycles. The number of anilines is 1. The topological polar surface area (TPSA) is 55.1 Å². The van der Waals surface area contributed by atoms with Gasteiger partial charge < -0.3 is 11.1 Å². The van der Waals surface area contributed by atoms with Gasteiger partial charge in [-0.05, 0) is 24.1 Å². The molecular weight excluding hydrogens is 274 g/mol. The first-order valence-corrected chi connectivity index (χ1v) is 6.61. The first-order valence-electron chi connectivity index (χ1n) is 6.61. The van der Waals surface area contributed by atoms with Crippen molar-refractivity contribution in [1.82, 2.24) is 0 Å². The molecule has 5 heteroatoms. The summed E-state index contributed by atoms with van der Waals surface area (Å²) in [4.78, 5) is 11.8. The van der Waals surface area contributed by atoms with E-state index in [-0.39, 0.29) is 18.2 Å². The molecule has 0 saturated heterocycles. The van der Waals surface area contributed by atoms with Crippen molar-refractivity contribution in [2.24, 2.45) is 5.73 Å². The Hall–Kier alpha value is -2.27. The molecule has 3 N–H and O–H groups in total. The van der Waals surface area contributed by atoms with E-state index in [9.17, 15) is 13.6 Å². The molecule has 0 radical (unpaired) electrons. The molecule has 0 heterocycles. The highest BCUT2D eigenvalue weighted by Crippen LogP contribution is 2.18. The molecule has 0 aliphatic carbocycles. The Morgan fingerprint density at radius 3 is 2.57 bits per heavy atom. The second-order valence-electron chi connectivity index (χ2n) is 4.73. The lowest BCUT2D eigenvalue weighted by molar-refractivity contribution is -0.116. The summed E-state index contributed by atoms with van der Waals surface area (Å²) in [7, 11) is 0. The van der Waals surface area contributed by atoms with Crippen molar-refractivity contribution in [2.75, 3.05) is 5.32 Å². The second kappa shape index (κ2) is 6.95. The lowest BCUT2D eigenvalue weighted by Gasteiger charge is -2.12. The zero-order chi connectivity index (χ0) is 15.2. The largest absolute Gasteiger partial charge is 0.324 e. The van der Waals surface area contributed by atoms with Crippen LogP contribution in [-0.4, -0.2) is 5.91 Å². The fourth-order valence-electron chi connectivity index (χ4n) is 1.96. The van der Waals surface area contributed by atoms with Crippen molar-refractivity contribution < 1.29 is 13.6 Å². The Kier molecular flexibility index (Phi) is 5.00. The third-order valence-electron chi connectivity index (χ3n) is 3.11. The first kappa shape index (κ1) is 15.1. The number of hydrogen-bond acceptors (Lipinski definition) is 2. The van der Waals surface area contributed by atoms with Gasteiger partial charge in [0.15, 0.2) is 0 Å². The molecule has 2 aromatic rings. The molecule has 2 rings (SSSR count). The molecule has 1 amide bonds. The van der Waals surface area contributed by atoms with Gasteiger partial charge in [0.1, 0.15) is 11.6 Å². The molecule has 0 aromatic heterocycles. The summed E-state index contributed by atoms with van der Waals surface area (Å²) in [5, 5.41) is 2.35. The molecule has 1 unspecified atom stereocenters. The highest BCUT2D eigenvalue weighted by Gasteiger charge is 2.11. The van der Waals surface area contributed by atoms with Gasteiger partial charge >= 0.3 is 0 Å². The van der Waals surface area contributed by atoms with Crippen LogP contribution in [0.5, 0.6) is 0 Å². The van der Waals surface area contributed by atoms with E-state index in [1.54, 1.807) is 0 Å². The maximum Gasteiger partial charge on any atom is 0.224 e. The fraction of sp³-hybridized carbons (Fsp3) is 0.188. The van der Waals surface area contributed by atoms with Crippen LogP contribution in [0.1, 0.15) is 24.4 Å². The van der Waals surface area contributed by atoms with Gasteiger partial charge in [0.05, 0.1) is 5.69 Å². The molecule has 0 aliphatic heterocycles. The number of hydrogen-bond donors (Lipinski definition) is 2. The number of carbonyl (C=O) groups is 1. The molecule has 2 aromatic carbocycles. The summed E-state index contributed by atoms with van der Waals surface area (Å²) in [5.41, 5.74) is 6.75. The lowest BCUT2D eigenvalue weighted by atomic mass is 10.0. The van der Waals surface area contributed by atoms with E-state index < -0.39 is 17.5 Å². The Morgan fingerprint density at radius 2 is 1.86 bits per heavy atom. The molecule has 0 spiro atoms. The van der Waals surface area contributed by atoms with Crippen molar-refractivity contribution >= 4 is 11.6 Å². The highest BCUT2D eigenvalue weighted by molar-refractivity contribution is 5.90. The van der Waals surface area contributed by atoms with E-state index in [0.717, 1.165) is 23.8 Å². The van der Waals surface area contributed by atoms with Gasteiger partial charge in [-0.25, -0.2) is 8.78 Å². The van der Waals surface area contributed by atoms with E-state index in [1.807, 2.05) is 30.3 Å². The number of amides is 1. The molecule has 0 fully saturated rings. The quantitative estimate of drug-likeness (QED) is 0.887. The summed E-state index contributed by atoms with van der Waals surface area (Å²) in [6.07, 6.45) is 0.554. The number of benzene rings is 2. The van der Waals surface area contributed by atoms with Gasteiger partial charge in [-0.2, -0.15) is 0 Å². The third kappa shape index (κ3) is 4.36. The third-order valence-corrected chi connectivity index (χ3v) is 3.11. The minimum Gasteiger partial charge on any atom is -0.324 e. The van der Waals surface area contributed by atoms with Crippen LogP contribution in [0, 0.1) is 11.6 Å². The summed E-state index contributed by atoms with van der Waals surface area (Å²) < 4.78 is 26.4. The highest BCUT2D eigenvalue weighted by atomic mass is 19.1. The van der Waals surface area contributed by atoms with Gasteiger partial charge in [0, 0.05) is 18.5 Å². The van der Waals surface area contributed by atoms with Crippen LogP contribution in [0.3, 0.4) is 0 Å². The Labute approximate surface area is 121 Å². The van der Waals surface area contributed by atoms with Crippen molar-refractivity contribution in [3.05, 3.63) is 65.7 Å². The molecule has 3 nitrogen and oxygen atoms in total. The Morgan fingerprint density at radius 1 is 1.14 bits per heavy atom. The van der Waals surface area contributed by atoms with Crippen LogP contribution in [-0.2, 0) is 4.79 Å². The predicted molar refractivity (Wildman–Crippen MR) is 77.6 cm³/mol. The molecule has 110 valence electrons. The maximum atomic E-state index is 13.4. The SMILES string of the molecule is NC(CCC(=O)Nc1cc(F)ccc1F)c1ccccc1. The summed E-state index contributed by atoms with van der Waals surface area (Å²) in [6.45, 7) is 0. The van der Waals surface area contributed by atoms with E-state index in [4.69, 9.17) is 5.73 Å². The van der Waals surface area contributed by atoms with Gasteiger partial charge in [0.2, 0.25) is 5.91 Å². The van der Waals surface area contributed by atoms with Crippen LogP contribution in [0.2, 0.25) is 0 Å². The summed E-state index contributed by atoms with van der Waals surface area (Å²) in [5.74, 6) is -1.67. The van der Waals surface area contributed by atoms with Crippen LogP contribution in [0.15, 0.2) is 48.5 Å². The van der Waals surface area contributed by atoms with Crippen LogP contribution >= 0.6 is 0 Å². The van der Waals surface area contributed by atoms with E-state index in [1.165, 1.54) is 0 Å². The van der Waals surface area contributed by atoms with Gasteiger partial charge in [-0.15, -0.1) is 0 Å². The number of rotatable bonds is 5. The summed E-state index contributed by atoms with van der Waals surface area (Å²) in [6, 6.07) is 12.0. The fourth-order valence-corrected chi connectivity index (χ4v) is 1.96.